The molecular weight excluding hydrogens is 206 g/mol. The van der Waals surface area contributed by atoms with E-state index < -0.39 is 16.6 Å². The number of primary sulfonamides is 1. The molecule has 1 aromatic carbocycles. The van der Waals surface area contributed by atoms with Crippen LogP contribution >= 0.6 is 0 Å². The second-order valence-electron chi connectivity index (χ2n) is 2.67. The molecule has 0 amide bonds. The highest BCUT2D eigenvalue weighted by atomic mass is 32.2. The van der Waals surface area contributed by atoms with Gasteiger partial charge in [0.05, 0.1) is 7.11 Å². The molecule has 0 saturated heterocycles. The van der Waals surface area contributed by atoms with Crippen molar-refractivity contribution in [1.29, 1.82) is 0 Å². The third-order valence-corrected chi connectivity index (χ3v) is 2.63. The first-order valence-corrected chi connectivity index (χ1v) is 5.31. The van der Waals surface area contributed by atoms with Gasteiger partial charge in [0.1, 0.15) is 17.3 Å². The minimum Gasteiger partial charge on any atom is -0.495 e. The Morgan fingerprint density at radius 2 is 2.07 bits per heavy atom. The average molecular weight is 216 g/mol. The summed E-state index contributed by atoms with van der Waals surface area (Å²) in [6.07, 6.45) is 0. The Morgan fingerprint density at radius 3 is 2.50 bits per heavy atom. The summed E-state index contributed by atoms with van der Waals surface area (Å²) in [5, 5.41) is 15.5. The summed E-state index contributed by atoms with van der Waals surface area (Å²) in [5.74, 6) is 0.143. The van der Waals surface area contributed by atoms with Crippen LogP contribution in [0.15, 0.2) is 23.1 Å². The van der Waals surface area contributed by atoms with E-state index >= 15 is 0 Å². The van der Waals surface area contributed by atoms with Crippen LogP contribution in [-0.4, -0.2) is 15.5 Å². The molecule has 0 aliphatic carbocycles. The van der Waals surface area contributed by atoms with Crippen LogP contribution in [0.1, 0.15) is 5.56 Å². The van der Waals surface area contributed by atoms with Crippen LogP contribution < -0.4 is 9.88 Å². The number of hydrogen-bond acceptors (Lipinski definition) is 3. The monoisotopic (exact) mass is 216 g/mol. The van der Waals surface area contributed by atoms with Crippen LogP contribution in [0.2, 0.25) is 0 Å². The van der Waals surface area contributed by atoms with Crippen LogP contribution in [0.5, 0.6) is 5.75 Å². The van der Waals surface area contributed by atoms with Gasteiger partial charge in [0, 0.05) is 0 Å². The summed E-state index contributed by atoms with van der Waals surface area (Å²) in [6.45, 7) is -0.494. The Hall–Kier alpha value is -1.11. The molecule has 1 aromatic rings. The van der Waals surface area contributed by atoms with Gasteiger partial charge in [-0.3, -0.25) is 0 Å². The lowest BCUT2D eigenvalue weighted by Crippen LogP contribution is -2.13. The maximum absolute atomic E-state index is 11.1. The average Bonchev–Trinajstić information content (AvgIpc) is 2.15. The standard InChI is InChI=1S/C8H10NO4S/c1-13-7-3-2-6(5-10)4-8(7)14(9,11)12/h2-4H,5H2,1H3,(H2,9,11,12). The van der Waals surface area contributed by atoms with E-state index in [0.29, 0.717) is 5.56 Å². The molecule has 0 fully saturated rings. The van der Waals surface area contributed by atoms with Crippen molar-refractivity contribution in [3.05, 3.63) is 23.8 Å². The molecule has 0 aliphatic rings. The van der Waals surface area contributed by atoms with Gasteiger partial charge in [0.25, 0.3) is 0 Å². The second kappa shape index (κ2) is 3.95. The number of hydrogen-bond donors (Lipinski definition) is 1. The van der Waals surface area contributed by atoms with Crippen molar-refractivity contribution in [3.63, 3.8) is 0 Å². The van der Waals surface area contributed by atoms with Crippen LogP contribution in [-0.2, 0) is 21.7 Å². The van der Waals surface area contributed by atoms with E-state index in [4.69, 9.17) is 9.88 Å². The highest BCUT2D eigenvalue weighted by Gasteiger charge is 2.15. The van der Waals surface area contributed by atoms with Crippen LogP contribution in [0.25, 0.3) is 0 Å². The fraction of sp³-hybridized carbons (Fsp3) is 0.250. The van der Waals surface area contributed by atoms with Crippen molar-refractivity contribution in [3.8, 4) is 5.75 Å². The number of nitrogens with two attached hydrogens (primary N) is 1. The molecule has 0 spiro atoms. The number of benzene rings is 1. The molecule has 0 atom stereocenters. The molecule has 14 heavy (non-hydrogen) atoms. The summed E-state index contributed by atoms with van der Waals surface area (Å²) < 4.78 is 27.0. The Labute approximate surface area is 82.2 Å². The second-order valence-corrected chi connectivity index (χ2v) is 4.20. The Bertz CT molecular complexity index is 427. The van der Waals surface area contributed by atoms with Crippen molar-refractivity contribution in [2.24, 2.45) is 5.14 Å². The largest absolute Gasteiger partial charge is 0.495 e. The molecule has 5 nitrogen and oxygen atoms in total. The number of sulfonamides is 1. The van der Waals surface area contributed by atoms with Gasteiger partial charge in [-0.15, -0.1) is 0 Å². The van der Waals surface area contributed by atoms with Gasteiger partial charge in [-0.25, -0.2) is 18.7 Å². The fourth-order valence-electron chi connectivity index (χ4n) is 1.03. The van der Waals surface area contributed by atoms with E-state index in [-0.39, 0.29) is 10.6 Å². The van der Waals surface area contributed by atoms with Crippen molar-refractivity contribution >= 4 is 10.0 Å². The van der Waals surface area contributed by atoms with Crippen LogP contribution in [0.4, 0.5) is 0 Å². The molecule has 77 valence electrons. The van der Waals surface area contributed by atoms with Gasteiger partial charge < -0.3 is 4.74 Å². The molecule has 0 heterocycles. The molecule has 0 aromatic heterocycles. The summed E-state index contributed by atoms with van der Waals surface area (Å²) in [6, 6.07) is 4.13. The maximum Gasteiger partial charge on any atom is 0.241 e. The van der Waals surface area contributed by atoms with E-state index in [1.54, 1.807) is 0 Å². The van der Waals surface area contributed by atoms with E-state index in [1.165, 1.54) is 25.3 Å². The topological polar surface area (TPSA) is 89.3 Å². The van der Waals surface area contributed by atoms with Crippen molar-refractivity contribution in [2.45, 2.75) is 11.5 Å². The zero-order valence-corrected chi connectivity index (χ0v) is 8.37. The molecule has 1 radical (unpaired) electrons. The molecule has 0 aliphatic heterocycles. The fourth-order valence-corrected chi connectivity index (χ4v) is 1.78. The molecule has 0 saturated carbocycles. The summed E-state index contributed by atoms with van der Waals surface area (Å²) >= 11 is 0. The van der Waals surface area contributed by atoms with Gasteiger partial charge in [-0.2, -0.15) is 0 Å². The molecule has 6 heteroatoms. The Balaban J connectivity index is 3.37. The predicted molar refractivity (Wildman–Crippen MR) is 48.8 cm³/mol. The Kier molecular flexibility index (Phi) is 3.10. The lowest BCUT2D eigenvalue weighted by molar-refractivity contribution is 0.177. The smallest absolute Gasteiger partial charge is 0.241 e. The minimum atomic E-state index is -3.84. The zero-order valence-electron chi connectivity index (χ0n) is 7.56. The van der Waals surface area contributed by atoms with Crippen molar-refractivity contribution < 1.29 is 18.3 Å². The predicted octanol–water partition coefficient (Wildman–Crippen LogP) is 0.273. The molecule has 2 N–H and O–H groups in total. The molecule has 1 rings (SSSR count). The van der Waals surface area contributed by atoms with E-state index in [0.717, 1.165) is 0 Å². The van der Waals surface area contributed by atoms with Crippen LogP contribution in [0.3, 0.4) is 0 Å². The summed E-state index contributed by atoms with van der Waals surface area (Å²) in [7, 11) is -2.51. The highest BCUT2D eigenvalue weighted by Crippen LogP contribution is 2.23. The first kappa shape index (κ1) is 11.0. The van der Waals surface area contributed by atoms with Crippen molar-refractivity contribution in [1.82, 2.24) is 0 Å². The van der Waals surface area contributed by atoms with Gasteiger partial charge in [-0.05, 0) is 17.7 Å². The summed E-state index contributed by atoms with van der Waals surface area (Å²) in [5.41, 5.74) is 0.356. The van der Waals surface area contributed by atoms with E-state index in [9.17, 15) is 13.5 Å². The van der Waals surface area contributed by atoms with Gasteiger partial charge in [-0.1, -0.05) is 6.07 Å². The zero-order chi connectivity index (χ0) is 10.8. The number of rotatable bonds is 3. The van der Waals surface area contributed by atoms with Gasteiger partial charge in [0.2, 0.25) is 10.0 Å². The number of ether oxygens (including phenoxy) is 1. The quantitative estimate of drug-likeness (QED) is 0.786. The third-order valence-electron chi connectivity index (χ3n) is 1.70. The maximum atomic E-state index is 11.1. The third kappa shape index (κ3) is 2.22. The molecule has 0 bridgehead atoms. The highest BCUT2D eigenvalue weighted by molar-refractivity contribution is 7.89. The first-order valence-electron chi connectivity index (χ1n) is 3.77. The Morgan fingerprint density at radius 1 is 1.43 bits per heavy atom. The lowest BCUT2D eigenvalue weighted by Gasteiger charge is -2.07. The molecule has 0 unspecified atom stereocenters. The van der Waals surface area contributed by atoms with E-state index in [2.05, 4.69) is 0 Å². The SMILES string of the molecule is COc1ccc(C[O])cc1S(N)(=O)=O. The molecular formula is C8H10NO4S. The normalized spacial score (nSPS) is 11.4. The first-order chi connectivity index (χ1) is 6.49. The van der Waals surface area contributed by atoms with Gasteiger partial charge in [0.15, 0.2) is 0 Å². The number of methoxy groups -OCH3 is 1. The van der Waals surface area contributed by atoms with Crippen molar-refractivity contribution in [2.75, 3.05) is 7.11 Å². The minimum absolute atomic E-state index is 0.143. The lowest BCUT2D eigenvalue weighted by atomic mass is 10.2. The summed E-state index contributed by atoms with van der Waals surface area (Å²) in [4.78, 5) is -0.159. The van der Waals surface area contributed by atoms with Gasteiger partial charge >= 0.3 is 0 Å². The van der Waals surface area contributed by atoms with E-state index in [1.807, 2.05) is 0 Å². The van der Waals surface area contributed by atoms with Crippen LogP contribution in [0, 0.1) is 0 Å².